The van der Waals surface area contributed by atoms with Crippen LogP contribution in [0.5, 0.6) is 0 Å². The molecule has 2 aromatic heterocycles. The van der Waals surface area contributed by atoms with E-state index in [0.29, 0.717) is 21.9 Å². The number of carbonyl (C=O) groups is 1. The van der Waals surface area contributed by atoms with Crippen LogP contribution in [0.15, 0.2) is 45.7 Å². The molecule has 0 aliphatic carbocycles. The largest absolute Gasteiger partial charge is 0.311 e. The van der Waals surface area contributed by atoms with Gasteiger partial charge in [0, 0.05) is 12.2 Å². The number of hydrogen-bond acceptors (Lipinski definition) is 5. The Labute approximate surface area is 140 Å². The number of rotatable bonds is 3. The Bertz CT molecular complexity index is 948. The van der Waals surface area contributed by atoms with Crippen LogP contribution in [0.3, 0.4) is 0 Å². The monoisotopic (exact) mass is 343 g/mol. The molecule has 1 amide bonds. The summed E-state index contributed by atoms with van der Waals surface area (Å²) in [4.78, 5) is 34.0. The van der Waals surface area contributed by atoms with E-state index in [-0.39, 0.29) is 17.2 Å². The molecule has 5 nitrogen and oxygen atoms in total. The van der Waals surface area contributed by atoms with E-state index in [0.717, 1.165) is 12.1 Å². The highest BCUT2D eigenvalue weighted by Gasteiger charge is 2.24. The molecule has 1 aliphatic rings. The molecule has 1 N–H and O–H groups in total. The van der Waals surface area contributed by atoms with Crippen molar-refractivity contribution < 1.29 is 4.79 Å². The Balaban J connectivity index is 1.50. The number of fused-ring (bicyclic) bond motifs is 2. The second-order valence-corrected chi connectivity index (χ2v) is 7.08. The minimum atomic E-state index is -0.155. The zero-order valence-electron chi connectivity index (χ0n) is 12.1. The van der Waals surface area contributed by atoms with E-state index >= 15 is 0 Å². The van der Waals surface area contributed by atoms with Crippen molar-refractivity contribution in [1.29, 1.82) is 0 Å². The number of nitrogens with one attached hydrogen (secondary N) is 1. The number of aromatic nitrogens is 2. The lowest BCUT2D eigenvalue weighted by Gasteiger charge is -2.16. The van der Waals surface area contributed by atoms with Crippen molar-refractivity contribution >= 4 is 44.9 Å². The molecule has 3 aromatic rings. The number of hydrogen-bond donors (Lipinski definition) is 1. The molecule has 3 heterocycles. The lowest BCUT2D eigenvalue weighted by molar-refractivity contribution is -0.116. The summed E-state index contributed by atoms with van der Waals surface area (Å²) in [7, 11) is 0. The lowest BCUT2D eigenvalue weighted by Crippen LogP contribution is -2.30. The van der Waals surface area contributed by atoms with Crippen molar-refractivity contribution in [3.05, 3.63) is 51.6 Å². The molecule has 0 bridgehead atoms. The number of thioether (sulfide) groups is 1. The third-order valence-corrected chi connectivity index (χ3v) is 5.50. The topological polar surface area (TPSA) is 66.1 Å². The lowest BCUT2D eigenvalue weighted by atomic mass is 10.2. The van der Waals surface area contributed by atoms with Gasteiger partial charge < -0.3 is 9.88 Å². The third kappa shape index (κ3) is 2.66. The molecule has 7 heteroatoms. The first-order chi connectivity index (χ1) is 11.2. The van der Waals surface area contributed by atoms with Crippen LogP contribution in [0.25, 0.3) is 10.2 Å². The van der Waals surface area contributed by atoms with Crippen LogP contribution in [0.2, 0.25) is 0 Å². The van der Waals surface area contributed by atoms with Crippen LogP contribution >= 0.6 is 23.1 Å². The molecule has 23 heavy (non-hydrogen) atoms. The normalized spacial score (nSPS) is 13.5. The van der Waals surface area contributed by atoms with Gasteiger partial charge in [-0.15, -0.1) is 11.3 Å². The second kappa shape index (κ2) is 5.82. The van der Waals surface area contributed by atoms with E-state index in [1.54, 1.807) is 6.07 Å². The summed E-state index contributed by atoms with van der Waals surface area (Å²) < 4.78 is 0. The van der Waals surface area contributed by atoms with E-state index in [2.05, 4.69) is 16.0 Å². The zero-order valence-corrected chi connectivity index (χ0v) is 13.7. The van der Waals surface area contributed by atoms with Gasteiger partial charge in [-0.3, -0.25) is 9.59 Å². The Morgan fingerprint density at radius 1 is 1.35 bits per heavy atom. The summed E-state index contributed by atoms with van der Waals surface area (Å²) in [5.74, 6) is 0.294. The van der Waals surface area contributed by atoms with Gasteiger partial charge >= 0.3 is 0 Å². The quantitative estimate of drug-likeness (QED) is 0.586. The average Bonchev–Trinajstić information content (AvgIpc) is 3.19. The van der Waals surface area contributed by atoms with Gasteiger partial charge in [0.15, 0.2) is 5.16 Å². The summed E-state index contributed by atoms with van der Waals surface area (Å²) in [6.07, 6.45) is 0.892. The molecule has 0 unspecified atom stereocenters. The zero-order chi connectivity index (χ0) is 15.8. The molecule has 0 saturated carbocycles. The van der Waals surface area contributed by atoms with Crippen LogP contribution in [0.1, 0.15) is 5.56 Å². The number of aromatic amines is 1. The van der Waals surface area contributed by atoms with Crippen LogP contribution in [0, 0.1) is 0 Å². The summed E-state index contributed by atoms with van der Waals surface area (Å²) in [6, 6.07) is 9.72. The SMILES string of the molecule is O=C(CSc1nc2sccc2c(=O)[nH]1)N1CCc2ccccc21. The average molecular weight is 343 g/mol. The van der Waals surface area contributed by atoms with Gasteiger partial charge in [0.05, 0.1) is 11.1 Å². The maximum absolute atomic E-state index is 12.5. The minimum Gasteiger partial charge on any atom is -0.311 e. The van der Waals surface area contributed by atoms with Crippen molar-refractivity contribution in [3.8, 4) is 0 Å². The third-order valence-electron chi connectivity index (χ3n) is 3.83. The van der Waals surface area contributed by atoms with Crippen molar-refractivity contribution in [2.45, 2.75) is 11.6 Å². The standard InChI is InChI=1S/C16H13N3O2S2/c20-13(19-7-5-10-3-1-2-4-12(10)19)9-23-16-17-14(21)11-6-8-22-15(11)18-16/h1-4,6,8H,5,7,9H2,(H,17,18,21). The molecule has 4 rings (SSSR count). The van der Waals surface area contributed by atoms with Gasteiger partial charge in [0.25, 0.3) is 5.56 Å². The predicted octanol–water partition coefficient (Wildman–Crippen LogP) is 2.67. The molecule has 0 radical (unpaired) electrons. The van der Waals surface area contributed by atoms with Crippen LogP contribution < -0.4 is 10.5 Å². The van der Waals surface area contributed by atoms with Crippen LogP contribution in [0.4, 0.5) is 5.69 Å². The Kier molecular flexibility index (Phi) is 3.66. The van der Waals surface area contributed by atoms with Crippen LogP contribution in [-0.2, 0) is 11.2 Å². The fourth-order valence-corrected chi connectivity index (χ4v) is 4.28. The molecule has 0 spiro atoms. The first-order valence-corrected chi connectivity index (χ1v) is 9.07. The van der Waals surface area contributed by atoms with Gasteiger partial charge in [-0.1, -0.05) is 30.0 Å². The first-order valence-electron chi connectivity index (χ1n) is 7.21. The van der Waals surface area contributed by atoms with Crippen molar-refractivity contribution in [1.82, 2.24) is 9.97 Å². The molecular formula is C16H13N3O2S2. The van der Waals surface area contributed by atoms with E-state index in [4.69, 9.17) is 0 Å². The van der Waals surface area contributed by atoms with E-state index < -0.39 is 0 Å². The molecule has 1 aromatic carbocycles. The summed E-state index contributed by atoms with van der Waals surface area (Å²) >= 11 is 2.70. The Morgan fingerprint density at radius 2 is 2.22 bits per heavy atom. The first kappa shape index (κ1) is 14.5. The molecule has 116 valence electrons. The maximum Gasteiger partial charge on any atom is 0.260 e. The van der Waals surface area contributed by atoms with E-state index in [9.17, 15) is 9.59 Å². The van der Waals surface area contributed by atoms with Crippen molar-refractivity contribution in [2.24, 2.45) is 0 Å². The number of carbonyl (C=O) groups excluding carboxylic acids is 1. The molecule has 0 atom stereocenters. The van der Waals surface area contributed by atoms with Gasteiger partial charge in [-0.05, 0) is 29.5 Å². The summed E-state index contributed by atoms with van der Waals surface area (Å²) in [6.45, 7) is 0.715. The van der Waals surface area contributed by atoms with E-state index in [1.165, 1.54) is 28.7 Å². The van der Waals surface area contributed by atoms with E-state index in [1.807, 2.05) is 28.5 Å². The second-order valence-electron chi connectivity index (χ2n) is 5.22. The van der Waals surface area contributed by atoms with Gasteiger partial charge in [0.1, 0.15) is 4.83 Å². The highest BCUT2D eigenvalue weighted by Crippen LogP contribution is 2.28. The Hall–Kier alpha value is -2.12. The molecule has 0 saturated heterocycles. The number of thiophene rings is 1. The Morgan fingerprint density at radius 3 is 3.13 bits per heavy atom. The van der Waals surface area contributed by atoms with Crippen molar-refractivity contribution in [2.75, 3.05) is 17.2 Å². The number of anilines is 1. The van der Waals surface area contributed by atoms with Crippen molar-refractivity contribution in [3.63, 3.8) is 0 Å². The number of nitrogens with zero attached hydrogens (tertiary/aromatic N) is 2. The molecule has 1 aliphatic heterocycles. The van der Waals surface area contributed by atoms with Gasteiger partial charge in [-0.2, -0.15) is 0 Å². The number of para-hydroxylation sites is 1. The fraction of sp³-hybridized carbons (Fsp3) is 0.188. The predicted molar refractivity (Wildman–Crippen MR) is 93.5 cm³/mol. The maximum atomic E-state index is 12.5. The fourth-order valence-electron chi connectivity index (χ4n) is 2.72. The smallest absolute Gasteiger partial charge is 0.260 e. The minimum absolute atomic E-state index is 0.0360. The molecular weight excluding hydrogens is 330 g/mol. The summed E-state index contributed by atoms with van der Waals surface area (Å²) in [5, 5.41) is 2.93. The van der Waals surface area contributed by atoms with Gasteiger partial charge in [0.2, 0.25) is 5.91 Å². The summed E-state index contributed by atoms with van der Waals surface area (Å²) in [5.41, 5.74) is 2.04. The number of amides is 1. The highest BCUT2D eigenvalue weighted by atomic mass is 32.2. The number of H-pyrrole nitrogens is 1. The molecule has 0 fully saturated rings. The van der Waals surface area contributed by atoms with Gasteiger partial charge in [-0.25, -0.2) is 4.98 Å². The number of benzene rings is 1. The highest BCUT2D eigenvalue weighted by molar-refractivity contribution is 7.99. The van der Waals surface area contributed by atoms with Crippen LogP contribution in [-0.4, -0.2) is 28.2 Å².